The Morgan fingerprint density at radius 2 is 1.68 bits per heavy atom. The molecule has 3 aromatic rings. The highest BCUT2D eigenvalue weighted by Crippen LogP contribution is 2.25. The first kappa shape index (κ1) is 19.7. The van der Waals surface area contributed by atoms with Crippen molar-refractivity contribution >= 4 is 11.5 Å². The molecule has 2 aromatic carbocycles. The summed E-state index contributed by atoms with van der Waals surface area (Å²) < 4.78 is 11.3. The number of nitrogens with zero attached hydrogens (tertiary/aromatic N) is 1. The Kier molecular flexibility index (Phi) is 7.30. The number of hydrogen-bond donors (Lipinski definition) is 1. The number of rotatable bonds is 10. The number of aromatic nitrogens is 1. The third kappa shape index (κ3) is 5.74. The normalized spacial score (nSPS) is 10.5. The van der Waals surface area contributed by atoms with E-state index in [0.29, 0.717) is 6.61 Å². The van der Waals surface area contributed by atoms with Crippen LogP contribution in [-0.4, -0.2) is 18.2 Å². The van der Waals surface area contributed by atoms with Crippen LogP contribution in [0, 0.1) is 0 Å². The van der Waals surface area contributed by atoms with Crippen LogP contribution in [0.5, 0.6) is 11.5 Å². The molecule has 1 aromatic heterocycles. The SMILES string of the molecule is CCCCCOc1ccc(Nc2ccc(-c3cccc(OCC)c3)cn2)cc1. The highest BCUT2D eigenvalue weighted by molar-refractivity contribution is 5.66. The van der Waals surface area contributed by atoms with Crippen molar-refractivity contribution in [2.24, 2.45) is 0 Å². The molecule has 0 aliphatic heterocycles. The van der Waals surface area contributed by atoms with E-state index in [4.69, 9.17) is 9.47 Å². The van der Waals surface area contributed by atoms with Crippen molar-refractivity contribution in [1.29, 1.82) is 0 Å². The van der Waals surface area contributed by atoms with Crippen LogP contribution in [0.1, 0.15) is 33.1 Å². The first-order chi connectivity index (χ1) is 13.8. The molecule has 4 heteroatoms. The van der Waals surface area contributed by atoms with Gasteiger partial charge in [-0.3, -0.25) is 0 Å². The molecule has 0 radical (unpaired) electrons. The smallest absolute Gasteiger partial charge is 0.130 e. The molecule has 0 fully saturated rings. The topological polar surface area (TPSA) is 43.4 Å². The van der Waals surface area contributed by atoms with Gasteiger partial charge in [0.2, 0.25) is 0 Å². The largest absolute Gasteiger partial charge is 0.494 e. The van der Waals surface area contributed by atoms with E-state index in [1.54, 1.807) is 0 Å². The molecule has 0 atom stereocenters. The highest BCUT2D eigenvalue weighted by Gasteiger charge is 2.02. The van der Waals surface area contributed by atoms with Gasteiger partial charge in [-0.2, -0.15) is 0 Å². The van der Waals surface area contributed by atoms with Gasteiger partial charge in [-0.05, 0) is 67.4 Å². The number of unbranched alkanes of at least 4 members (excludes halogenated alkanes) is 2. The lowest BCUT2D eigenvalue weighted by Crippen LogP contribution is -1.97. The summed E-state index contributed by atoms with van der Waals surface area (Å²) in [5.74, 6) is 2.58. The van der Waals surface area contributed by atoms with E-state index >= 15 is 0 Å². The Morgan fingerprint density at radius 1 is 0.821 bits per heavy atom. The monoisotopic (exact) mass is 376 g/mol. The summed E-state index contributed by atoms with van der Waals surface area (Å²) in [4.78, 5) is 4.54. The molecule has 0 saturated carbocycles. The van der Waals surface area contributed by atoms with Crippen molar-refractivity contribution in [3.63, 3.8) is 0 Å². The first-order valence-corrected chi connectivity index (χ1v) is 9.97. The average Bonchev–Trinajstić information content (AvgIpc) is 2.73. The van der Waals surface area contributed by atoms with E-state index in [1.807, 2.05) is 61.7 Å². The van der Waals surface area contributed by atoms with Crippen LogP contribution in [0.2, 0.25) is 0 Å². The highest BCUT2D eigenvalue weighted by atomic mass is 16.5. The van der Waals surface area contributed by atoms with Gasteiger partial charge in [-0.25, -0.2) is 4.98 Å². The summed E-state index contributed by atoms with van der Waals surface area (Å²) in [6.07, 6.45) is 5.38. The van der Waals surface area contributed by atoms with E-state index in [0.717, 1.165) is 47.2 Å². The molecule has 0 amide bonds. The van der Waals surface area contributed by atoms with E-state index < -0.39 is 0 Å². The third-order valence-corrected chi connectivity index (χ3v) is 4.39. The lowest BCUT2D eigenvalue weighted by Gasteiger charge is -2.10. The van der Waals surface area contributed by atoms with Crippen molar-refractivity contribution in [2.75, 3.05) is 18.5 Å². The van der Waals surface area contributed by atoms with Crippen molar-refractivity contribution < 1.29 is 9.47 Å². The van der Waals surface area contributed by atoms with Gasteiger partial charge in [-0.15, -0.1) is 0 Å². The van der Waals surface area contributed by atoms with Gasteiger partial charge >= 0.3 is 0 Å². The first-order valence-electron chi connectivity index (χ1n) is 9.97. The second kappa shape index (κ2) is 10.4. The number of anilines is 2. The quantitative estimate of drug-likeness (QED) is 0.412. The summed E-state index contributed by atoms with van der Waals surface area (Å²) in [5, 5.41) is 3.33. The van der Waals surface area contributed by atoms with Gasteiger partial charge < -0.3 is 14.8 Å². The minimum atomic E-state index is 0.660. The maximum absolute atomic E-state index is 5.75. The van der Waals surface area contributed by atoms with E-state index in [9.17, 15) is 0 Å². The molecule has 0 unspecified atom stereocenters. The maximum Gasteiger partial charge on any atom is 0.130 e. The van der Waals surface area contributed by atoms with Crippen LogP contribution in [0.25, 0.3) is 11.1 Å². The van der Waals surface area contributed by atoms with Crippen LogP contribution < -0.4 is 14.8 Å². The predicted octanol–water partition coefficient (Wildman–Crippen LogP) is 6.46. The fourth-order valence-electron chi connectivity index (χ4n) is 2.90. The van der Waals surface area contributed by atoms with Gasteiger partial charge in [0, 0.05) is 17.4 Å². The second-order valence-corrected chi connectivity index (χ2v) is 6.60. The number of hydrogen-bond acceptors (Lipinski definition) is 4. The molecule has 146 valence electrons. The molecule has 0 bridgehead atoms. The Labute approximate surface area is 167 Å². The molecule has 3 rings (SSSR count). The van der Waals surface area contributed by atoms with Gasteiger partial charge in [-0.1, -0.05) is 31.9 Å². The molecular formula is C24H28N2O2. The van der Waals surface area contributed by atoms with Crippen LogP contribution in [-0.2, 0) is 0 Å². The minimum absolute atomic E-state index is 0.660. The molecule has 1 N–H and O–H groups in total. The van der Waals surface area contributed by atoms with Crippen molar-refractivity contribution in [2.45, 2.75) is 33.1 Å². The van der Waals surface area contributed by atoms with Crippen LogP contribution >= 0.6 is 0 Å². The van der Waals surface area contributed by atoms with Crippen molar-refractivity contribution in [3.8, 4) is 22.6 Å². The molecule has 0 spiro atoms. The lowest BCUT2D eigenvalue weighted by molar-refractivity contribution is 0.306. The maximum atomic E-state index is 5.75. The second-order valence-electron chi connectivity index (χ2n) is 6.60. The lowest BCUT2D eigenvalue weighted by atomic mass is 10.1. The zero-order valence-corrected chi connectivity index (χ0v) is 16.7. The van der Waals surface area contributed by atoms with Gasteiger partial charge in [0.15, 0.2) is 0 Å². The minimum Gasteiger partial charge on any atom is -0.494 e. The summed E-state index contributed by atoms with van der Waals surface area (Å²) in [6, 6.07) is 20.1. The van der Waals surface area contributed by atoms with Crippen molar-refractivity contribution in [1.82, 2.24) is 4.98 Å². The number of benzene rings is 2. The Bertz CT molecular complexity index is 845. The Balaban J connectivity index is 1.59. The predicted molar refractivity (Wildman–Crippen MR) is 116 cm³/mol. The Morgan fingerprint density at radius 3 is 2.39 bits per heavy atom. The van der Waals surface area contributed by atoms with E-state index in [1.165, 1.54) is 12.8 Å². The fraction of sp³-hybridized carbons (Fsp3) is 0.292. The molecule has 1 heterocycles. The van der Waals surface area contributed by atoms with Crippen LogP contribution in [0.4, 0.5) is 11.5 Å². The summed E-state index contributed by atoms with van der Waals surface area (Å²) in [6.45, 7) is 5.61. The van der Waals surface area contributed by atoms with Gasteiger partial charge in [0.05, 0.1) is 13.2 Å². The molecule has 28 heavy (non-hydrogen) atoms. The third-order valence-electron chi connectivity index (χ3n) is 4.39. The summed E-state index contributed by atoms with van der Waals surface area (Å²) in [5.41, 5.74) is 3.14. The Hall–Kier alpha value is -3.01. The molecular weight excluding hydrogens is 348 g/mol. The number of pyridine rings is 1. The van der Waals surface area contributed by atoms with E-state index in [2.05, 4.69) is 29.4 Å². The number of nitrogens with one attached hydrogen (secondary N) is 1. The van der Waals surface area contributed by atoms with Crippen LogP contribution in [0.15, 0.2) is 66.9 Å². The summed E-state index contributed by atoms with van der Waals surface area (Å²) >= 11 is 0. The summed E-state index contributed by atoms with van der Waals surface area (Å²) in [7, 11) is 0. The van der Waals surface area contributed by atoms with Crippen LogP contribution in [0.3, 0.4) is 0 Å². The van der Waals surface area contributed by atoms with E-state index in [-0.39, 0.29) is 0 Å². The molecule has 0 aliphatic rings. The van der Waals surface area contributed by atoms with Crippen molar-refractivity contribution in [3.05, 3.63) is 66.9 Å². The molecule has 0 saturated heterocycles. The number of ether oxygens (including phenoxy) is 2. The standard InChI is InChI=1S/C24H28N2O2/c1-3-5-6-16-28-22-13-11-21(12-14-22)26-24-15-10-20(18-25-24)19-8-7-9-23(17-19)27-4-2/h7-15,17-18H,3-6,16H2,1-2H3,(H,25,26). The van der Waals surface area contributed by atoms with Gasteiger partial charge in [0.1, 0.15) is 17.3 Å². The fourth-order valence-corrected chi connectivity index (χ4v) is 2.90. The zero-order valence-electron chi connectivity index (χ0n) is 16.7. The average molecular weight is 377 g/mol. The zero-order chi connectivity index (χ0) is 19.6. The van der Waals surface area contributed by atoms with Gasteiger partial charge in [0.25, 0.3) is 0 Å². The molecule has 0 aliphatic carbocycles. The molecule has 4 nitrogen and oxygen atoms in total.